The van der Waals surface area contributed by atoms with Gasteiger partial charge in [-0.1, -0.05) is 0 Å². The van der Waals surface area contributed by atoms with Crippen LogP contribution in [-0.2, 0) is 15.3 Å². The van der Waals surface area contributed by atoms with Gasteiger partial charge in [-0.05, 0) is 0 Å². The van der Waals surface area contributed by atoms with Crippen LogP contribution in [0.3, 0.4) is 0 Å². The summed E-state index contributed by atoms with van der Waals surface area (Å²) >= 11 is 0. The highest BCUT2D eigenvalue weighted by atomic mass is 19.2. The molecule has 0 aliphatic rings. The summed E-state index contributed by atoms with van der Waals surface area (Å²) < 4.78 is 137. The number of carbonyl (C=O) groups excluding carboxylic acids is 2. The molecule has 14 heteroatoms. The molecule has 0 atom stereocenters. The van der Waals surface area contributed by atoms with Crippen LogP contribution in [0.2, 0.25) is 0 Å². The predicted molar refractivity (Wildman–Crippen MR) is 69.5 cm³/mol. The number of rotatable bonds is 4. The third kappa shape index (κ3) is 2.98. The van der Waals surface area contributed by atoms with E-state index in [1.807, 2.05) is 0 Å². The lowest BCUT2D eigenvalue weighted by atomic mass is 9.89. The molecule has 2 aromatic rings. The molecule has 0 spiro atoms. The number of nitrogens with zero attached hydrogens (tertiary/aromatic N) is 2. The molecular formula is C15F10N2O2. The summed E-state index contributed by atoms with van der Waals surface area (Å²) in [6, 6.07) is 0. The third-order valence-electron chi connectivity index (χ3n) is 3.53. The Morgan fingerprint density at radius 2 is 0.655 bits per heavy atom. The first-order chi connectivity index (χ1) is 13.5. The number of halogens is 10. The van der Waals surface area contributed by atoms with E-state index in [4.69, 9.17) is 0 Å². The minimum Gasteiger partial charge on any atom is -0.211 e. The Bertz CT molecular complexity index is 989. The molecular weight excluding hydrogens is 430 g/mol. The van der Waals surface area contributed by atoms with Crippen molar-refractivity contribution < 1.29 is 53.5 Å². The van der Waals surface area contributed by atoms with Crippen LogP contribution in [0, 0.1) is 58.2 Å². The monoisotopic (exact) mass is 430 g/mol. The molecule has 0 fully saturated rings. The van der Waals surface area contributed by atoms with Crippen LogP contribution in [0.1, 0.15) is 11.1 Å². The maximum Gasteiger partial charge on any atom is 0.238 e. The van der Waals surface area contributed by atoms with Crippen LogP contribution in [-0.4, -0.2) is 12.2 Å². The second-order valence-electron chi connectivity index (χ2n) is 4.97. The van der Waals surface area contributed by atoms with Gasteiger partial charge >= 0.3 is 0 Å². The van der Waals surface area contributed by atoms with Crippen molar-refractivity contribution in [1.82, 2.24) is 0 Å². The molecule has 0 aromatic heterocycles. The van der Waals surface area contributed by atoms with E-state index >= 15 is 0 Å². The maximum absolute atomic E-state index is 14.2. The second kappa shape index (κ2) is 7.49. The smallest absolute Gasteiger partial charge is 0.211 e. The first-order valence-corrected chi connectivity index (χ1v) is 6.69. The van der Waals surface area contributed by atoms with E-state index in [2.05, 4.69) is 9.98 Å². The maximum atomic E-state index is 14.2. The largest absolute Gasteiger partial charge is 0.238 e. The van der Waals surface area contributed by atoms with Crippen molar-refractivity contribution in [3.05, 3.63) is 69.3 Å². The molecule has 4 nitrogen and oxygen atoms in total. The fourth-order valence-corrected chi connectivity index (χ4v) is 2.33. The Labute approximate surface area is 151 Å². The van der Waals surface area contributed by atoms with Crippen LogP contribution in [0.4, 0.5) is 43.9 Å². The molecule has 152 valence electrons. The first-order valence-electron chi connectivity index (χ1n) is 6.69. The number of benzene rings is 2. The highest BCUT2D eigenvalue weighted by Crippen LogP contribution is 2.43. The van der Waals surface area contributed by atoms with Crippen molar-refractivity contribution in [2.75, 3.05) is 0 Å². The van der Waals surface area contributed by atoms with Gasteiger partial charge in [-0.15, -0.1) is 0 Å². The minimum atomic E-state index is -4.30. The summed E-state index contributed by atoms with van der Waals surface area (Å²) in [6.07, 6.45) is 0.730. The summed E-state index contributed by atoms with van der Waals surface area (Å²) in [5.41, 5.74) is -9.29. The van der Waals surface area contributed by atoms with Crippen LogP contribution < -0.4 is 0 Å². The number of aliphatic imine (C=N–C) groups is 2. The Morgan fingerprint density at radius 1 is 0.448 bits per heavy atom. The zero-order valence-corrected chi connectivity index (χ0v) is 13.0. The quantitative estimate of drug-likeness (QED) is 0.243. The number of isocyanates is 2. The Morgan fingerprint density at radius 3 is 0.862 bits per heavy atom. The van der Waals surface area contributed by atoms with E-state index in [-0.39, 0.29) is 0 Å². The molecule has 0 radical (unpaired) electrons. The van der Waals surface area contributed by atoms with Crippen LogP contribution in [0.15, 0.2) is 9.98 Å². The van der Waals surface area contributed by atoms with Gasteiger partial charge in [-0.3, -0.25) is 0 Å². The number of hydrogen-bond acceptors (Lipinski definition) is 4. The van der Waals surface area contributed by atoms with E-state index < -0.39 is 75.0 Å². The fourth-order valence-electron chi connectivity index (χ4n) is 2.33. The summed E-state index contributed by atoms with van der Waals surface area (Å²) in [5, 5.41) is 0. The lowest BCUT2D eigenvalue weighted by molar-refractivity contribution is 0.328. The standard InChI is InChI=1S/C15F10N2O2/c16-5-3(6(17)10(21)13(24)9(5)20)15(26-1-28,27-2-29)4-7(18)11(22)14(25)12(23)8(4)19. The summed E-state index contributed by atoms with van der Waals surface area (Å²) in [5.74, 6) is -28.4. The van der Waals surface area contributed by atoms with Gasteiger partial charge in [0.1, 0.15) is 0 Å². The van der Waals surface area contributed by atoms with Crippen molar-refractivity contribution in [3.8, 4) is 0 Å². The van der Waals surface area contributed by atoms with E-state index in [0.29, 0.717) is 12.2 Å². The lowest BCUT2D eigenvalue weighted by Crippen LogP contribution is -2.31. The summed E-state index contributed by atoms with van der Waals surface area (Å²) in [4.78, 5) is 26.0. The zero-order valence-electron chi connectivity index (χ0n) is 13.0. The van der Waals surface area contributed by atoms with Crippen molar-refractivity contribution in [3.63, 3.8) is 0 Å². The van der Waals surface area contributed by atoms with Gasteiger partial charge in [0.15, 0.2) is 46.5 Å². The molecule has 2 aromatic carbocycles. The zero-order chi connectivity index (χ0) is 22.3. The minimum absolute atomic E-state index is 0.365. The normalized spacial score (nSPS) is 11.1. The predicted octanol–water partition coefficient (Wildman–Crippen LogP) is 3.95. The number of hydrogen-bond donors (Lipinski definition) is 0. The summed E-state index contributed by atoms with van der Waals surface area (Å²) in [6.45, 7) is 0. The molecule has 0 heterocycles. The molecule has 0 unspecified atom stereocenters. The molecule has 0 aliphatic heterocycles. The molecule has 0 saturated heterocycles. The SMILES string of the molecule is O=C=NC(N=C=O)(c1c(F)c(F)c(F)c(F)c1F)c1c(F)c(F)c(F)c(F)c1F. The van der Waals surface area contributed by atoms with E-state index in [9.17, 15) is 53.5 Å². The van der Waals surface area contributed by atoms with Crippen molar-refractivity contribution in [2.24, 2.45) is 9.98 Å². The Balaban J connectivity index is 3.28. The van der Waals surface area contributed by atoms with Gasteiger partial charge in [0.25, 0.3) is 0 Å². The van der Waals surface area contributed by atoms with Crippen molar-refractivity contribution >= 4 is 12.2 Å². The summed E-state index contributed by atoms with van der Waals surface area (Å²) in [7, 11) is 0. The lowest BCUT2D eigenvalue weighted by Gasteiger charge is -2.25. The van der Waals surface area contributed by atoms with Gasteiger partial charge < -0.3 is 0 Å². The van der Waals surface area contributed by atoms with Crippen molar-refractivity contribution in [1.29, 1.82) is 0 Å². The highest BCUT2D eigenvalue weighted by Gasteiger charge is 2.49. The van der Waals surface area contributed by atoms with E-state index in [1.165, 1.54) is 0 Å². The van der Waals surface area contributed by atoms with Gasteiger partial charge in [0.05, 0.1) is 11.1 Å². The van der Waals surface area contributed by atoms with Gasteiger partial charge in [-0.25, -0.2) is 53.5 Å². The Hall–Kier alpha value is -3.50. The molecule has 0 N–H and O–H groups in total. The third-order valence-corrected chi connectivity index (χ3v) is 3.53. The average Bonchev–Trinajstić information content (AvgIpc) is 2.68. The topological polar surface area (TPSA) is 58.9 Å². The second-order valence-corrected chi connectivity index (χ2v) is 4.97. The van der Waals surface area contributed by atoms with E-state index in [0.717, 1.165) is 0 Å². The van der Waals surface area contributed by atoms with Gasteiger partial charge in [-0.2, -0.15) is 9.98 Å². The van der Waals surface area contributed by atoms with Gasteiger partial charge in [0.2, 0.25) is 29.5 Å². The molecule has 0 bridgehead atoms. The Kier molecular flexibility index (Phi) is 5.63. The highest BCUT2D eigenvalue weighted by molar-refractivity contribution is 5.51. The fraction of sp³-hybridized carbons (Fsp3) is 0.0667. The van der Waals surface area contributed by atoms with Crippen molar-refractivity contribution in [2.45, 2.75) is 5.66 Å². The van der Waals surface area contributed by atoms with Gasteiger partial charge in [0, 0.05) is 0 Å². The van der Waals surface area contributed by atoms with E-state index in [1.54, 1.807) is 0 Å². The van der Waals surface area contributed by atoms with Crippen LogP contribution in [0.25, 0.3) is 0 Å². The van der Waals surface area contributed by atoms with Crippen LogP contribution >= 0.6 is 0 Å². The molecule has 2 rings (SSSR count). The average molecular weight is 430 g/mol. The molecule has 0 aliphatic carbocycles. The molecule has 29 heavy (non-hydrogen) atoms. The molecule has 0 amide bonds. The first kappa shape index (κ1) is 21.8. The van der Waals surface area contributed by atoms with Crippen LogP contribution in [0.5, 0.6) is 0 Å². The molecule has 0 saturated carbocycles.